The van der Waals surface area contributed by atoms with E-state index >= 15 is 4.39 Å². The van der Waals surface area contributed by atoms with Crippen LogP contribution in [-0.2, 0) is 11.2 Å². The van der Waals surface area contributed by atoms with Crippen LogP contribution in [0.5, 0.6) is 11.6 Å². The van der Waals surface area contributed by atoms with Crippen molar-refractivity contribution in [1.82, 2.24) is 25.1 Å². The molecule has 5 rings (SSSR count). The van der Waals surface area contributed by atoms with Crippen molar-refractivity contribution in [3.8, 4) is 22.8 Å². The molecular weight excluding hydrogens is 479 g/mol. The topological polar surface area (TPSA) is 136 Å². The number of nitrogens with zero attached hydrogens (tertiary/aromatic N) is 4. The molecule has 37 heavy (non-hydrogen) atoms. The van der Waals surface area contributed by atoms with E-state index in [9.17, 15) is 9.59 Å². The number of aryl methyl sites for hydroxylation is 2. The third-order valence-corrected chi connectivity index (χ3v) is 6.59. The SMILES string of the molecule is Cc1n[nH]c(C)c1-c1cnc(O[C@@H]2CCN(C(=O)Cc3ccc(OC4CC4)cn3)C[C@@H]2F)c(C(N)=O)c1. The first-order valence-corrected chi connectivity index (χ1v) is 12.3. The molecule has 0 unspecified atom stereocenters. The summed E-state index contributed by atoms with van der Waals surface area (Å²) in [6.45, 7) is 3.89. The number of hydrogen-bond acceptors (Lipinski definition) is 7. The molecule has 2 amide bonds. The van der Waals surface area contributed by atoms with E-state index in [2.05, 4.69) is 20.2 Å². The maximum Gasteiger partial charge on any atom is 0.254 e. The van der Waals surface area contributed by atoms with Gasteiger partial charge in [-0.1, -0.05) is 0 Å². The molecule has 0 spiro atoms. The Morgan fingerprint density at radius 3 is 2.59 bits per heavy atom. The number of hydrogen-bond donors (Lipinski definition) is 2. The van der Waals surface area contributed by atoms with Gasteiger partial charge in [-0.25, -0.2) is 9.37 Å². The van der Waals surface area contributed by atoms with Gasteiger partial charge in [0.1, 0.15) is 17.4 Å². The molecule has 3 aromatic rings. The number of amides is 2. The molecule has 1 aliphatic carbocycles. The summed E-state index contributed by atoms with van der Waals surface area (Å²) >= 11 is 0. The number of alkyl halides is 1. The number of H-pyrrole nitrogens is 1. The number of carbonyl (C=O) groups is 2. The summed E-state index contributed by atoms with van der Waals surface area (Å²) in [5.74, 6) is -0.282. The van der Waals surface area contributed by atoms with Gasteiger partial charge in [0.25, 0.3) is 5.91 Å². The first-order chi connectivity index (χ1) is 17.8. The highest BCUT2D eigenvalue weighted by atomic mass is 19.1. The van der Waals surface area contributed by atoms with Crippen molar-refractivity contribution in [2.45, 2.75) is 57.9 Å². The summed E-state index contributed by atoms with van der Waals surface area (Å²) in [6, 6.07) is 5.14. The molecule has 3 N–H and O–H groups in total. The fourth-order valence-electron chi connectivity index (χ4n) is 4.45. The number of aromatic nitrogens is 4. The number of aromatic amines is 1. The van der Waals surface area contributed by atoms with Crippen molar-refractivity contribution in [3.63, 3.8) is 0 Å². The fraction of sp³-hybridized carbons (Fsp3) is 0.423. The van der Waals surface area contributed by atoms with Crippen molar-refractivity contribution < 1.29 is 23.5 Å². The number of nitrogens with one attached hydrogen (secondary N) is 1. The lowest BCUT2D eigenvalue weighted by Gasteiger charge is -2.34. The second-order valence-electron chi connectivity index (χ2n) is 9.53. The number of likely N-dealkylation sites (tertiary alicyclic amines) is 1. The van der Waals surface area contributed by atoms with Crippen LogP contribution >= 0.6 is 0 Å². The highest BCUT2D eigenvalue weighted by Gasteiger charge is 2.34. The van der Waals surface area contributed by atoms with Crippen LogP contribution in [0.1, 0.15) is 46.7 Å². The fourth-order valence-corrected chi connectivity index (χ4v) is 4.45. The van der Waals surface area contributed by atoms with Gasteiger partial charge in [-0.05, 0) is 44.9 Å². The number of carbonyl (C=O) groups excluding carboxylic acids is 2. The number of pyridine rings is 2. The Kier molecular flexibility index (Phi) is 6.77. The predicted octanol–water partition coefficient (Wildman–Crippen LogP) is 2.68. The predicted molar refractivity (Wildman–Crippen MR) is 132 cm³/mol. The molecule has 10 nitrogen and oxygen atoms in total. The molecule has 2 atom stereocenters. The summed E-state index contributed by atoms with van der Waals surface area (Å²) in [7, 11) is 0. The molecule has 0 bridgehead atoms. The van der Waals surface area contributed by atoms with Crippen LogP contribution in [0, 0.1) is 13.8 Å². The average Bonchev–Trinajstić information content (AvgIpc) is 3.63. The van der Waals surface area contributed by atoms with Crippen LogP contribution in [0.15, 0.2) is 30.6 Å². The van der Waals surface area contributed by atoms with E-state index in [1.165, 1.54) is 4.90 Å². The van der Waals surface area contributed by atoms with Gasteiger partial charge in [-0.15, -0.1) is 0 Å². The number of halogens is 1. The van der Waals surface area contributed by atoms with E-state index < -0.39 is 18.2 Å². The largest absolute Gasteiger partial charge is 0.489 e. The highest BCUT2D eigenvalue weighted by Crippen LogP contribution is 2.30. The Balaban J connectivity index is 1.21. The van der Waals surface area contributed by atoms with Crippen molar-refractivity contribution in [3.05, 3.63) is 53.2 Å². The van der Waals surface area contributed by atoms with Gasteiger partial charge >= 0.3 is 0 Å². The first-order valence-electron chi connectivity index (χ1n) is 12.3. The highest BCUT2D eigenvalue weighted by molar-refractivity contribution is 5.96. The Bertz CT molecular complexity index is 1290. The van der Waals surface area contributed by atoms with Crippen LogP contribution in [0.3, 0.4) is 0 Å². The number of piperidine rings is 1. The monoisotopic (exact) mass is 508 g/mol. The van der Waals surface area contributed by atoms with Crippen LogP contribution < -0.4 is 15.2 Å². The lowest BCUT2D eigenvalue weighted by Crippen LogP contribution is -2.49. The zero-order chi connectivity index (χ0) is 26.1. The van der Waals surface area contributed by atoms with E-state index in [1.807, 2.05) is 13.8 Å². The Hall–Kier alpha value is -4.02. The van der Waals surface area contributed by atoms with Gasteiger partial charge in [0.05, 0.1) is 31.0 Å². The maximum absolute atomic E-state index is 15.1. The maximum atomic E-state index is 15.1. The van der Waals surface area contributed by atoms with Crippen LogP contribution in [0.2, 0.25) is 0 Å². The van der Waals surface area contributed by atoms with Gasteiger partial charge in [0.2, 0.25) is 11.8 Å². The molecule has 0 radical (unpaired) electrons. The normalized spacial score (nSPS) is 19.5. The van der Waals surface area contributed by atoms with E-state index in [-0.39, 0.29) is 42.8 Å². The number of ether oxygens (including phenoxy) is 2. The zero-order valence-electron chi connectivity index (χ0n) is 20.7. The van der Waals surface area contributed by atoms with Gasteiger partial charge in [0, 0.05) is 41.7 Å². The number of primary amides is 1. The van der Waals surface area contributed by atoms with Crippen molar-refractivity contribution in [2.75, 3.05) is 13.1 Å². The van der Waals surface area contributed by atoms with Gasteiger partial charge in [-0.2, -0.15) is 5.10 Å². The van der Waals surface area contributed by atoms with Crippen LogP contribution in [-0.4, -0.2) is 68.3 Å². The van der Waals surface area contributed by atoms with Gasteiger partial charge in [0.15, 0.2) is 6.17 Å². The van der Waals surface area contributed by atoms with Gasteiger partial charge < -0.3 is 20.1 Å². The quantitative estimate of drug-likeness (QED) is 0.477. The minimum Gasteiger partial charge on any atom is -0.489 e. The molecular formula is C26H29FN6O4. The molecule has 4 heterocycles. The number of nitrogens with two attached hydrogens (primary N) is 1. The van der Waals surface area contributed by atoms with Gasteiger partial charge in [-0.3, -0.25) is 19.7 Å². The summed E-state index contributed by atoms with van der Waals surface area (Å²) in [6.07, 6.45) is 3.54. The third kappa shape index (κ3) is 5.55. The summed E-state index contributed by atoms with van der Waals surface area (Å²) in [5.41, 5.74) is 9.28. The van der Waals surface area contributed by atoms with Crippen molar-refractivity contribution in [1.29, 1.82) is 0 Å². The van der Waals surface area contributed by atoms with Crippen LogP contribution in [0.4, 0.5) is 4.39 Å². The van der Waals surface area contributed by atoms with E-state index in [1.54, 1.807) is 30.6 Å². The second-order valence-corrected chi connectivity index (χ2v) is 9.53. The third-order valence-electron chi connectivity index (χ3n) is 6.59. The molecule has 1 saturated carbocycles. The first kappa shape index (κ1) is 24.7. The Morgan fingerprint density at radius 2 is 1.97 bits per heavy atom. The van der Waals surface area contributed by atoms with E-state index in [4.69, 9.17) is 15.2 Å². The van der Waals surface area contributed by atoms with E-state index in [0.29, 0.717) is 23.6 Å². The molecule has 0 aromatic carbocycles. The lowest BCUT2D eigenvalue weighted by atomic mass is 10.0. The van der Waals surface area contributed by atoms with E-state index in [0.717, 1.165) is 29.8 Å². The Morgan fingerprint density at radius 1 is 1.16 bits per heavy atom. The molecule has 2 aliphatic rings. The molecule has 194 valence electrons. The standard InChI is InChI=1S/C26H29FN6O4/c1-14-24(15(2)32-31-14)16-9-20(25(28)35)26(30-11-16)37-22-7-8-33(13-21(22)27)23(34)10-17-3-4-19(12-29-17)36-18-5-6-18/h3-4,9,11-12,18,21-22H,5-8,10,13H2,1-2H3,(H2,28,35)(H,31,32)/t21-,22+/m0/s1. The molecule has 2 fully saturated rings. The average molecular weight is 509 g/mol. The molecule has 1 saturated heterocycles. The van der Waals surface area contributed by atoms with Crippen molar-refractivity contribution in [2.24, 2.45) is 5.73 Å². The van der Waals surface area contributed by atoms with Crippen molar-refractivity contribution >= 4 is 11.8 Å². The molecule has 1 aliphatic heterocycles. The van der Waals surface area contributed by atoms with Crippen LogP contribution in [0.25, 0.3) is 11.1 Å². The molecule has 11 heteroatoms. The minimum atomic E-state index is -1.46. The number of rotatable bonds is 8. The summed E-state index contributed by atoms with van der Waals surface area (Å²) in [5, 5.41) is 7.06. The second kappa shape index (κ2) is 10.2. The molecule has 3 aromatic heterocycles. The Labute approximate surface area is 213 Å². The summed E-state index contributed by atoms with van der Waals surface area (Å²) < 4.78 is 26.6. The smallest absolute Gasteiger partial charge is 0.254 e. The minimum absolute atomic E-state index is 0.0276. The summed E-state index contributed by atoms with van der Waals surface area (Å²) in [4.78, 5) is 35.0. The zero-order valence-corrected chi connectivity index (χ0v) is 20.7. The lowest BCUT2D eigenvalue weighted by molar-refractivity contribution is -0.134.